The van der Waals surface area contributed by atoms with Crippen LogP contribution in [0.15, 0.2) is 52.4 Å². The Balaban J connectivity index is 1.58. The van der Waals surface area contributed by atoms with Crippen molar-refractivity contribution >= 4 is 46.7 Å². The Hall–Kier alpha value is -3.10. The van der Waals surface area contributed by atoms with Gasteiger partial charge in [0.05, 0.1) is 11.5 Å². The zero-order chi connectivity index (χ0) is 22.8. The molecule has 0 bridgehead atoms. The van der Waals surface area contributed by atoms with Crippen LogP contribution in [0, 0.1) is 13.8 Å². The molecular formula is C23H21ClN4O3S. The SMILES string of the molecule is Cc1cc(C)cc(NC(=O)[C@H]2CC(=O)Nc3nc(SCc4cccc(Cl)c4)[nH]c(=O)c32)c1. The summed E-state index contributed by atoms with van der Waals surface area (Å²) < 4.78 is 0. The van der Waals surface area contributed by atoms with Gasteiger partial charge >= 0.3 is 0 Å². The Morgan fingerprint density at radius 2 is 1.94 bits per heavy atom. The van der Waals surface area contributed by atoms with Crippen LogP contribution in [0.3, 0.4) is 0 Å². The zero-order valence-electron chi connectivity index (χ0n) is 17.5. The van der Waals surface area contributed by atoms with Crippen LogP contribution in [0.1, 0.15) is 34.6 Å². The van der Waals surface area contributed by atoms with Gasteiger partial charge in [-0.15, -0.1) is 0 Å². The maximum atomic E-state index is 13.0. The van der Waals surface area contributed by atoms with Crippen LogP contribution in [0.4, 0.5) is 11.5 Å². The quantitative estimate of drug-likeness (QED) is 0.380. The molecule has 1 aliphatic rings. The lowest BCUT2D eigenvalue weighted by molar-refractivity contribution is -0.123. The van der Waals surface area contributed by atoms with Gasteiger partial charge in [0.25, 0.3) is 5.56 Å². The molecule has 2 heterocycles. The number of nitrogens with zero attached hydrogens (tertiary/aromatic N) is 1. The zero-order valence-corrected chi connectivity index (χ0v) is 19.1. The number of aromatic nitrogens is 2. The van der Waals surface area contributed by atoms with Crippen molar-refractivity contribution in [1.82, 2.24) is 9.97 Å². The van der Waals surface area contributed by atoms with Gasteiger partial charge in [0.2, 0.25) is 11.8 Å². The van der Waals surface area contributed by atoms with Gasteiger partial charge in [0.15, 0.2) is 5.16 Å². The number of halogens is 1. The Labute approximate surface area is 194 Å². The first-order chi connectivity index (χ1) is 15.3. The molecule has 0 fully saturated rings. The van der Waals surface area contributed by atoms with E-state index in [2.05, 4.69) is 20.6 Å². The van der Waals surface area contributed by atoms with Crippen LogP contribution >= 0.6 is 23.4 Å². The van der Waals surface area contributed by atoms with E-state index in [0.29, 0.717) is 21.6 Å². The number of thioether (sulfide) groups is 1. The normalized spacial score (nSPS) is 15.1. The number of H-pyrrole nitrogens is 1. The Morgan fingerprint density at radius 3 is 2.66 bits per heavy atom. The lowest BCUT2D eigenvalue weighted by atomic mass is 9.92. The molecule has 3 aromatic rings. The first-order valence-electron chi connectivity index (χ1n) is 9.99. The topological polar surface area (TPSA) is 104 Å². The van der Waals surface area contributed by atoms with E-state index in [1.54, 1.807) is 6.07 Å². The lowest BCUT2D eigenvalue weighted by Gasteiger charge is -2.23. The van der Waals surface area contributed by atoms with E-state index < -0.39 is 17.4 Å². The third-order valence-electron chi connectivity index (χ3n) is 5.00. The third-order valence-corrected chi connectivity index (χ3v) is 6.18. The highest BCUT2D eigenvalue weighted by molar-refractivity contribution is 7.98. The second-order valence-electron chi connectivity index (χ2n) is 7.72. The van der Waals surface area contributed by atoms with Crippen molar-refractivity contribution in [2.75, 3.05) is 10.6 Å². The number of hydrogen-bond donors (Lipinski definition) is 3. The van der Waals surface area contributed by atoms with Crippen LogP contribution in [-0.2, 0) is 15.3 Å². The highest BCUT2D eigenvalue weighted by atomic mass is 35.5. The summed E-state index contributed by atoms with van der Waals surface area (Å²) in [5.74, 6) is -1.05. The minimum Gasteiger partial charge on any atom is -0.326 e. The van der Waals surface area contributed by atoms with Crippen molar-refractivity contribution in [3.63, 3.8) is 0 Å². The lowest BCUT2D eigenvalue weighted by Crippen LogP contribution is -2.36. The molecule has 0 unspecified atom stereocenters. The van der Waals surface area contributed by atoms with E-state index in [9.17, 15) is 14.4 Å². The molecule has 164 valence electrons. The molecule has 0 spiro atoms. The maximum absolute atomic E-state index is 13.0. The van der Waals surface area contributed by atoms with Gasteiger partial charge in [0.1, 0.15) is 5.82 Å². The minimum absolute atomic E-state index is 0.122. The number of aryl methyl sites for hydroxylation is 2. The first-order valence-corrected chi connectivity index (χ1v) is 11.4. The van der Waals surface area contributed by atoms with E-state index in [4.69, 9.17) is 11.6 Å². The molecule has 32 heavy (non-hydrogen) atoms. The van der Waals surface area contributed by atoms with Crippen molar-refractivity contribution in [3.8, 4) is 0 Å². The van der Waals surface area contributed by atoms with Crippen molar-refractivity contribution < 1.29 is 9.59 Å². The van der Waals surface area contributed by atoms with Gasteiger partial charge in [-0.1, -0.05) is 41.6 Å². The molecule has 0 saturated carbocycles. The van der Waals surface area contributed by atoms with Gasteiger partial charge in [-0.05, 0) is 54.8 Å². The molecule has 1 aliphatic heterocycles. The molecule has 1 atom stereocenters. The molecule has 9 heteroatoms. The summed E-state index contributed by atoms with van der Waals surface area (Å²) in [4.78, 5) is 45.3. The summed E-state index contributed by atoms with van der Waals surface area (Å²) in [5.41, 5.74) is 3.32. The van der Waals surface area contributed by atoms with Gasteiger partial charge < -0.3 is 15.6 Å². The maximum Gasteiger partial charge on any atom is 0.257 e. The smallest absolute Gasteiger partial charge is 0.257 e. The second kappa shape index (κ2) is 9.18. The van der Waals surface area contributed by atoms with Crippen LogP contribution in [0.25, 0.3) is 0 Å². The van der Waals surface area contributed by atoms with Crippen molar-refractivity contribution in [3.05, 3.63) is 80.1 Å². The fraction of sp³-hybridized carbons (Fsp3) is 0.217. The molecule has 0 aliphatic carbocycles. The van der Waals surface area contributed by atoms with E-state index >= 15 is 0 Å². The van der Waals surface area contributed by atoms with Crippen LogP contribution in [0.5, 0.6) is 0 Å². The molecule has 3 N–H and O–H groups in total. The molecular weight excluding hydrogens is 448 g/mol. The number of amides is 2. The average Bonchev–Trinajstić information content (AvgIpc) is 2.70. The first kappa shape index (κ1) is 22.1. The summed E-state index contributed by atoms with van der Waals surface area (Å²) in [6, 6.07) is 13.1. The highest BCUT2D eigenvalue weighted by Crippen LogP contribution is 2.31. The summed E-state index contributed by atoms with van der Waals surface area (Å²) in [5, 5.41) is 6.44. The third kappa shape index (κ3) is 5.03. The largest absolute Gasteiger partial charge is 0.326 e. The molecule has 0 radical (unpaired) electrons. The number of carbonyl (C=O) groups is 2. The van der Waals surface area contributed by atoms with Crippen molar-refractivity contribution in [2.45, 2.75) is 37.1 Å². The number of rotatable bonds is 5. The molecule has 7 nitrogen and oxygen atoms in total. The fourth-order valence-electron chi connectivity index (χ4n) is 3.70. The van der Waals surface area contributed by atoms with Gasteiger partial charge in [-0.3, -0.25) is 14.4 Å². The van der Waals surface area contributed by atoms with Gasteiger partial charge in [-0.25, -0.2) is 4.98 Å². The van der Waals surface area contributed by atoms with Gasteiger partial charge in [-0.2, -0.15) is 0 Å². The summed E-state index contributed by atoms with van der Waals surface area (Å²) in [7, 11) is 0. The van der Waals surface area contributed by atoms with E-state index in [0.717, 1.165) is 16.7 Å². The summed E-state index contributed by atoms with van der Waals surface area (Å²) >= 11 is 7.32. The summed E-state index contributed by atoms with van der Waals surface area (Å²) in [6.07, 6.45) is -0.122. The molecule has 4 rings (SSSR count). The molecule has 0 saturated heterocycles. The molecule has 2 amide bonds. The van der Waals surface area contributed by atoms with E-state index in [1.807, 2.05) is 50.2 Å². The van der Waals surface area contributed by atoms with Crippen LogP contribution in [0.2, 0.25) is 5.02 Å². The molecule has 1 aromatic heterocycles. The van der Waals surface area contributed by atoms with Crippen molar-refractivity contribution in [1.29, 1.82) is 0 Å². The number of anilines is 2. The predicted octanol–water partition coefficient (Wildman–Crippen LogP) is 4.40. The van der Waals surface area contributed by atoms with E-state index in [1.165, 1.54) is 11.8 Å². The fourth-order valence-corrected chi connectivity index (χ4v) is 4.71. The minimum atomic E-state index is -0.928. The Bertz CT molecular complexity index is 1250. The van der Waals surface area contributed by atoms with Crippen LogP contribution in [-0.4, -0.2) is 21.8 Å². The van der Waals surface area contributed by atoms with Crippen molar-refractivity contribution in [2.24, 2.45) is 0 Å². The number of benzene rings is 2. The van der Waals surface area contributed by atoms with E-state index in [-0.39, 0.29) is 23.7 Å². The monoisotopic (exact) mass is 468 g/mol. The van der Waals surface area contributed by atoms with Crippen LogP contribution < -0.4 is 16.2 Å². The summed E-state index contributed by atoms with van der Waals surface area (Å²) in [6.45, 7) is 3.87. The number of aromatic amines is 1. The Kier molecular flexibility index (Phi) is 6.34. The number of nitrogens with one attached hydrogen (secondary N) is 3. The number of carbonyl (C=O) groups excluding carboxylic acids is 2. The van der Waals surface area contributed by atoms with Gasteiger partial charge in [0, 0.05) is 22.9 Å². The predicted molar refractivity (Wildman–Crippen MR) is 126 cm³/mol. The Morgan fingerprint density at radius 1 is 1.19 bits per heavy atom. The molecule has 2 aromatic carbocycles. The highest BCUT2D eigenvalue weighted by Gasteiger charge is 2.34. The standard InChI is InChI=1S/C23H21ClN4O3S/c1-12-6-13(2)8-16(7-12)25-21(30)17-10-18(29)26-20-19(17)22(31)28-23(27-20)32-11-14-4-3-5-15(24)9-14/h3-9,17H,10-11H2,1-2H3,(H,25,30)(H2,26,27,28,29,31)/t17-/m0/s1. The second-order valence-corrected chi connectivity index (χ2v) is 9.12. The number of fused-ring (bicyclic) bond motifs is 1. The number of hydrogen-bond acceptors (Lipinski definition) is 5. The average molecular weight is 469 g/mol.